The highest BCUT2D eigenvalue weighted by Gasteiger charge is 2.22. The Bertz CT molecular complexity index is 274. The molecule has 0 spiro atoms. The molecule has 0 aliphatic heterocycles. The summed E-state index contributed by atoms with van der Waals surface area (Å²) in [5, 5.41) is 18.2. The van der Waals surface area contributed by atoms with E-state index in [1.807, 2.05) is 0 Å². The standard InChI is InChI=1S/C7H12O6S/c1-2-3-5(8)7(10)6(9)4-13-14(11)12/h2-3,6-7,9-10,14H,4H2,1H3. The molecule has 2 atom stereocenters. The van der Waals surface area contributed by atoms with Crippen LogP contribution < -0.4 is 0 Å². The first-order valence-corrected chi connectivity index (χ1v) is 4.88. The quantitative estimate of drug-likeness (QED) is 0.371. The van der Waals surface area contributed by atoms with E-state index in [9.17, 15) is 13.2 Å². The molecular formula is C7H12O6S. The van der Waals surface area contributed by atoms with Crippen molar-refractivity contribution < 1.29 is 27.6 Å². The van der Waals surface area contributed by atoms with Crippen molar-refractivity contribution in [2.45, 2.75) is 19.1 Å². The van der Waals surface area contributed by atoms with Crippen LogP contribution in [0.2, 0.25) is 0 Å². The van der Waals surface area contributed by atoms with Gasteiger partial charge in [-0.05, 0) is 13.0 Å². The monoisotopic (exact) mass is 224 g/mol. The van der Waals surface area contributed by atoms with Gasteiger partial charge in [0.05, 0.1) is 6.61 Å². The van der Waals surface area contributed by atoms with Crippen LogP contribution in [0.3, 0.4) is 0 Å². The summed E-state index contributed by atoms with van der Waals surface area (Å²) in [6.45, 7) is 0.936. The lowest BCUT2D eigenvalue weighted by Gasteiger charge is -2.12. The predicted molar refractivity (Wildman–Crippen MR) is 48.1 cm³/mol. The van der Waals surface area contributed by atoms with Gasteiger partial charge in [-0.2, -0.15) is 0 Å². The van der Waals surface area contributed by atoms with E-state index in [2.05, 4.69) is 4.18 Å². The third kappa shape index (κ3) is 5.07. The van der Waals surface area contributed by atoms with Gasteiger partial charge in [-0.1, -0.05) is 6.08 Å². The Morgan fingerprint density at radius 1 is 1.50 bits per heavy atom. The minimum absolute atomic E-state index is 0.636. The first kappa shape index (κ1) is 13.2. The zero-order valence-electron chi connectivity index (χ0n) is 7.49. The molecule has 14 heavy (non-hydrogen) atoms. The SMILES string of the molecule is CC=CC(=O)C(O)C(O)CO[SH](=O)=O. The highest BCUT2D eigenvalue weighted by molar-refractivity contribution is 7.67. The van der Waals surface area contributed by atoms with Crippen LogP contribution in [0.1, 0.15) is 6.92 Å². The number of carbonyl (C=O) groups is 1. The third-order valence-corrected chi connectivity index (χ3v) is 1.70. The summed E-state index contributed by atoms with van der Waals surface area (Å²) < 4.78 is 23.9. The Morgan fingerprint density at radius 2 is 2.07 bits per heavy atom. The van der Waals surface area contributed by atoms with E-state index in [0.717, 1.165) is 6.08 Å². The topological polar surface area (TPSA) is 101 Å². The van der Waals surface area contributed by atoms with E-state index in [1.165, 1.54) is 6.08 Å². The fourth-order valence-corrected chi connectivity index (χ4v) is 0.955. The zero-order valence-corrected chi connectivity index (χ0v) is 8.39. The van der Waals surface area contributed by atoms with E-state index >= 15 is 0 Å². The molecule has 0 amide bonds. The van der Waals surface area contributed by atoms with Gasteiger partial charge in [0.25, 0.3) is 11.0 Å². The fraction of sp³-hybridized carbons (Fsp3) is 0.571. The normalized spacial score (nSPS) is 16.0. The maximum atomic E-state index is 10.9. The maximum absolute atomic E-state index is 10.9. The number of thiol groups is 1. The first-order valence-electron chi connectivity index (χ1n) is 3.79. The molecule has 6 nitrogen and oxygen atoms in total. The highest BCUT2D eigenvalue weighted by atomic mass is 32.2. The van der Waals surface area contributed by atoms with Crippen molar-refractivity contribution in [3.63, 3.8) is 0 Å². The highest BCUT2D eigenvalue weighted by Crippen LogP contribution is 1.97. The molecule has 2 N–H and O–H groups in total. The number of hydrogen-bond donors (Lipinski definition) is 3. The van der Waals surface area contributed by atoms with Crippen LogP contribution in [0, 0.1) is 0 Å². The number of hydrogen-bond acceptors (Lipinski definition) is 6. The largest absolute Gasteiger partial charge is 0.387 e. The van der Waals surface area contributed by atoms with Gasteiger partial charge in [-0.3, -0.25) is 8.98 Å². The van der Waals surface area contributed by atoms with Gasteiger partial charge in [0, 0.05) is 0 Å². The minimum atomic E-state index is -3.09. The van der Waals surface area contributed by atoms with Crippen molar-refractivity contribution in [3.05, 3.63) is 12.2 Å². The van der Waals surface area contributed by atoms with Crippen LogP contribution in [0.25, 0.3) is 0 Å². The van der Waals surface area contributed by atoms with E-state index in [1.54, 1.807) is 6.92 Å². The summed E-state index contributed by atoms with van der Waals surface area (Å²) in [7, 11) is -3.09. The molecule has 0 aliphatic carbocycles. The van der Waals surface area contributed by atoms with Gasteiger partial charge >= 0.3 is 0 Å². The Kier molecular flexibility index (Phi) is 6.30. The van der Waals surface area contributed by atoms with E-state index < -0.39 is 35.6 Å². The van der Waals surface area contributed by atoms with Crippen LogP contribution >= 0.6 is 0 Å². The van der Waals surface area contributed by atoms with E-state index in [0.29, 0.717) is 0 Å². The van der Waals surface area contributed by atoms with Gasteiger partial charge in [0.15, 0.2) is 5.78 Å². The molecule has 82 valence electrons. The van der Waals surface area contributed by atoms with Crippen molar-refractivity contribution in [1.29, 1.82) is 0 Å². The third-order valence-electron chi connectivity index (χ3n) is 1.34. The molecule has 0 saturated carbocycles. The zero-order chi connectivity index (χ0) is 11.1. The number of ketones is 1. The van der Waals surface area contributed by atoms with Crippen LogP contribution in [0.5, 0.6) is 0 Å². The number of rotatable bonds is 6. The number of aliphatic hydroxyl groups excluding tert-OH is 2. The second-order valence-electron chi connectivity index (χ2n) is 2.43. The summed E-state index contributed by atoms with van der Waals surface area (Å²) in [5.41, 5.74) is 0. The molecule has 0 rings (SSSR count). The van der Waals surface area contributed by atoms with Crippen molar-refractivity contribution in [2.75, 3.05) is 6.61 Å². The van der Waals surface area contributed by atoms with Gasteiger partial charge in [0.1, 0.15) is 12.2 Å². The summed E-state index contributed by atoms with van der Waals surface area (Å²) in [6.07, 6.45) is -0.745. The Labute approximate surface area is 83.0 Å². The average Bonchev–Trinajstić information content (AvgIpc) is 2.13. The summed E-state index contributed by atoms with van der Waals surface area (Å²) in [6, 6.07) is 0. The Hall–Kier alpha value is -0.760. The second kappa shape index (κ2) is 6.66. The molecule has 0 heterocycles. The smallest absolute Gasteiger partial charge is 0.257 e. The van der Waals surface area contributed by atoms with Crippen molar-refractivity contribution in [3.8, 4) is 0 Å². The van der Waals surface area contributed by atoms with Crippen LogP contribution in [0.15, 0.2) is 12.2 Å². The minimum Gasteiger partial charge on any atom is -0.387 e. The van der Waals surface area contributed by atoms with Crippen molar-refractivity contribution >= 4 is 16.8 Å². The fourth-order valence-electron chi connectivity index (χ4n) is 0.681. The van der Waals surface area contributed by atoms with Gasteiger partial charge in [-0.15, -0.1) is 0 Å². The summed E-state index contributed by atoms with van der Waals surface area (Å²) in [5.74, 6) is -0.704. The van der Waals surface area contributed by atoms with Crippen LogP contribution in [-0.2, 0) is 20.0 Å². The Balaban J connectivity index is 4.10. The van der Waals surface area contributed by atoms with Gasteiger partial charge < -0.3 is 10.2 Å². The molecule has 0 aromatic rings. The van der Waals surface area contributed by atoms with E-state index in [4.69, 9.17) is 10.2 Å². The van der Waals surface area contributed by atoms with Crippen LogP contribution in [0.4, 0.5) is 0 Å². The second-order valence-corrected chi connectivity index (χ2v) is 3.14. The summed E-state index contributed by atoms with van der Waals surface area (Å²) in [4.78, 5) is 10.9. The van der Waals surface area contributed by atoms with Crippen molar-refractivity contribution in [2.24, 2.45) is 0 Å². The maximum Gasteiger partial charge on any atom is 0.257 e. The average molecular weight is 224 g/mol. The molecule has 7 heteroatoms. The molecule has 2 unspecified atom stereocenters. The summed E-state index contributed by atoms with van der Waals surface area (Å²) >= 11 is 0. The van der Waals surface area contributed by atoms with Crippen molar-refractivity contribution in [1.82, 2.24) is 0 Å². The first-order chi connectivity index (χ1) is 6.49. The molecule has 0 radical (unpaired) electrons. The van der Waals surface area contributed by atoms with E-state index in [-0.39, 0.29) is 0 Å². The predicted octanol–water partition coefficient (Wildman–Crippen LogP) is -1.60. The van der Waals surface area contributed by atoms with Gasteiger partial charge in [-0.25, -0.2) is 8.42 Å². The molecule has 0 saturated heterocycles. The molecule has 0 aromatic heterocycles. The number of aliphatic hydroxyl groups is 2. The number of allylic oxidation sites excluding steroid dienone is 1. The lowest BCUT2D eigenvalue weighted by atomic mass is 10.1. The lowest BCUT2D eigenvalue weighted by molar-refractivity contribution is -0.129. The van der Waals surface area contributed by atoms with Gasteiger partial charge in [0.2, 0.25) is 0 Å². The molecule has 0 aromatic carbocycles. The van der Waals surface area contributed by atoms with Crippen LogP contribution in [-0.4, -0.2) is 43.2 Å². The Morgan fingerprint density at radius 3 is 2.50 bits per heavy atom. The molecule has 0 bridgehead atoms. The lowest BCUT2D eigenvalue weighted by Crippen LogP contribution is -2.36. The molecule has 0 fully saturated rings. The molecular weight excluding hydrogens is 212 g/mol. The number of carbonyl (C=O) groups excluding carboxylic acids is 1. The molecule has 0 aliphatic rings.